The predicted molar refractivity (Wildman–Crippen MR) is 97.3 cm³/mol. The first-order chi connectivity index (χ1) is 12.3. The van der Waals surface area contributed by atoms with Gasteiger partial charge in [-0.15, -0.1) is 0 Å². The Morgan fingerprint density at radius 3 is 2.88 bits per heavy atom. The molecule has 128 valence electrons. The number of rotatable bonds is 5. The molecule has 1 aliphatic heterocycles. The molecule has 6 nitrogen and oxygen atoms in total. The average molecular weight is 334 g/mol. The van der Waals surface area contributed by atoms with Gasteiger partial charge >= 0.3 is 0 Å². The van der Waals surface area contributed by atoms with Crippen molar-refractivity contribution >= 4 is 11.6 Å². The molecule has 1 aliphatic rings. The van der Waals surface area contributed by atoms with Crippen molar-refractivity contribution in [3.8, 4) is 0 Å². The second-order valence-corrected chi connectivity index (χ2v) is 6.44. The number of anilines is 2. The number of aryl methyl sites for hydroxylation is 1. The van der Waals surface area contributed by atoms with Crippen LogP contribution in [0.25, 0.3) is 0 Å². The highest BCUT2D eigenvalue weighted by Gasteiger charge is 2.26. The van der Waals surface area contributed by atoms with Gasteiger partial charge in [0.05, 0.1) is 12.0 Å². The molecule has 6 heteroatoms. The van der Waals surface area contributed by atoms with E-state index in [1.54, 1.807) is 6.20 Å². The number of pyridine rings is 2. The Kier molecular flexibility index (Phi) is 4.43. The van der Waals surface area contributed by atoms with Crippen LogP contribution in [0.5, 0.6) is 0 Å². The standard InChI is InChI=1S/C19H22N6/c1-24-14-20-12-16(24)13-25-10-4-5-17(25)15-7-9-22-19(11-15)23-18-6-2-3-8-21-18/h2-3,6-9,11-12,14,17H,4-5,10,13H2,1H3,(H,21,22,23)/t17-/m1/s1. The molecule has 1 fully saturated rings. The first-order valence-corrected chi connectivity index (χ1v) is 8.63. The summed E-state index contributed by atoms with van der Waals surface area (Å²) in [6, 6.07) is 10.5. The minimum absolute atomic E-state index is 0.419. The second-order valence-electron chi connectivity index (χ2n) is 6.44. The molecule has 0 saturated carbocycles. The maximum Gasteiger partial charge on any atom is 0.131 e. The molecule has 3 aromatic rings. The summed E-state index contributed by atoms with van der Waals surface area (Å²) >= 11 is 0. The summed E-state index contributed by atoms with van der Waals surface area (Å²) in [6.45, 7) is 2.04. The largest absolute Gasteiger partial charge is 0.337 e. The highest BCUT2D eigenvalue weighted by Crippen LogP contribution is 2.33. The zero-order valence-electron chi connectivity index (χ0n) is 14.3. The smallest absolute Gasteiger partial charge is 0.131 e. The van der Waals surface area contributed by atoms with Gasteiger partial charge in [-0.1, -0.05) is 6.07 Å². The molecule has 0 spiro atoms. The van der Waals surface area contributed by atoms with Gasteiger partial charge in [-0.05, 0) is 49.2 Å². The molecule has 1 saturated heterocycles. The molecule has 1 atom stereocenters. The van der Waals surface area contributed by atoms with Crippen LogP contribution in [0, 0.1) is 0 Å². The fraction of sp³-hybridized carbons (Fsp3) is 0.316. The van der Waals surface area contributed by atoms with E-state index in [1.165, 1.54) is 24.1 Å². The third-order valence-electron chi connectivity index (χ3n) is 4.74. The van der Waals surface area contributed by atoms with E-state index in [9.17, 15) is 0 Å². The van der Waals surface area contributed by atoms with Crippen LogP contribution < -0.4 is 5.32 Å². The fourth-order valence-corrected chi connectivity index (χ4v) is 3.43. The molecule has 0 amide bonds. The first kappa shape index (κ1) is 15.8. The van der Waals surface area contributed by atoms with Crippen LogP contribution >= 0.6 is 0 Å². The Hall–Kier alpha value is -2.73. The highest BCUT2D eigenvalue weighted by molar-refractivity contribution is 5.52. The average Bonchev–Trinajstić information content (AvgIpc) is 3.26. The Labute approximate surface area is 147 Å². The lowest BCUT2D eigenvalue weighted by atomic mass is 10.1. The molecule has 3 aromatic heterocycles. The van der Waals surface area contributed by atoms with Crippen molar-refractivity contribution < 1.29 is 0 Å². The van der Waals surface area contributed by atoms with Crippen molar-refractivity contribution in [3.63, 3.8) is 0 Å². The number of nitrogens with one attached hydrogen (secondary N) is 1. The lowest BCUT2D eigenvalue weighted by molar-refractivity contribution is 0.243. The van der Waals surface area contributed by atoms with Crippen LogP contribution in [0.2, 0.25) is 0 Å². The van der Waals surface area contributed by atoms with Crippen LogP contribution in [0.3, 0.4) is 0 Å². The zero-order valence-corrected chi connectivity index (χ0v) is 14.3. The van der Waals surface area contributed by atoms with E-state index in [0.29, 0.717) is 6.04 Å². The lowest BCUT2D eigenvalue weighted by Gasteiger charge is -2.25. The van der Waals surface area contributed by atoms with Crippen LogP contribution in [0.15, 0.2) is 55.2 Å². The molecule has 0 radical (unpaired) electrons. The minimum Gasteiger partial charge on any atom is -0.337 e. The molecule has 0 bridgehead atoms. The molecule has 0 aliphatic carbocycles. The summed E-state index contributed by atoms with van der Waals surface area (Å²) in [5.74, 6) is 1.65. The fourth-order valence-electron chi connectivity index (χ4n) is 3.43. The van der Waals surface area contributed by atoms with E-state index >= 15 is 0 Å². The Morgan fingerprint density at radius 1 is 1.16 bits per heavy atom. The van der Waals surface area contributed by atoms with Crippen molar-refractivity contribution in [2.24, 2.45) is 7.05 Å². The van der Waals surface area contributed by atoms with Crippen molar-refractivity contribution in [2.45, 2.75) is 25.4 Å². The van der Waals surface area contributed by atoms with Gasteiger partial charge in [0, 0.05) is 38.2 Å². The summed E-state index contributed by atoms with van der Waals surface area (Å²) in [6.07, 6.45) is 9.86. The summed E-state index contributed by atoms with van der Waals surface area (Å²) in [5.41, 5.74) is 2.54. The van der Waals surface area contributed by atoms with Crippen LogP contribution in [0.1, 0.15) is 30.1 Å². The number of likely N-dealkylation sites (tertiary alicyclic amines) is 1. The van der Waals surface area contributed by atoms with Crippen molar-refractivity contribution in [3.05, 3.63) is 66.5 Å². The molecule has 4 rings (SSSR count). The summed E-state index contributed by atoms with van der Waals surface area (Å²) in [7, 11) is 2.05. The molecule has 0 unspecified atom stereocenters. The van der Waals surface area contributed by atoms with Gasteiger partial charge in [-0.2, -0.15) is 0 Å². The van der Waals surface area contributed by atoms with Crippen LogP contribution in [-0.2, 0) is 13.6 Å². The van der Waals surface area contributed by atoms with Gasteiger partial charge in [0.15, 0.2) is 0 Å². The van der Waals surface area contributed by atoms with Gasteiger partial charge in [-0.25, -0.2) is 15.0 Å². The Bertz CT molecular complexity index is 829. The predicted octanol–water partition coefficient (Wildman–Crippen LogP) is 3.29. The maximum absolute atomic E-state index is 4.44. The number of hydrogen-bond donors (Lipinski definition) is 1. The van der Waals surface area contributed by atoms with E-state index in [1.807, 2.05) is 36.9 Å². The molecule has 0 aromatic carbocycles. The summed E-state index contributed by atoms with van der Waals surface area (Å²) < 4.78 is 2.09. The van der Waals surface area contributed by atoms with Gasteiger partial charge in [0.25, 0.3) is 0 Å². The Balaban J connectivity index is 1.52. The van der Waals surface area contributed by atoms with Crippen LogP contribution in [0.4, 0.5) is 11.6 Å². The molecule has 4 heterocycles. The molecular formula is C19H22N6. The number of imidazole rings is 1. The normalized spacial score (nSPS) is 17.7. The van der Waals surface area contributed by atoms with E-state index < -0.39 is 0 Å². The number of aromatic nitrogens is 4. The van der Waals surface area contributed by atoms with E-state index in [2.05, 4.69) is 48.9 Å². The number of nitrogens with zero attached hydrogens (tertiary/aromatic N) is 5. The van der Waals surface area contributed by atoms with Crippen molar-refractivity contribution in [1.29, 1.82) is 0 Å². The Morgan fingerprint density at radius 2 is 2.08 bits per heavy atom. The lowest BCUT2D eigenvalue weighted by Crippen LogP contribution is -2.24. The third-order valence-corrected chi connectivity index (χ3v) is 4.74. The second kappa shape index (κ2) is 7.03. The van der Waals surface area contributed by atoms with Gasteiger partial charge in [-0.3, -0.25) is 4.90 Å². The minimum atomic E-state index is 0.419. The molecule has 1 N–H and O–H groups in total. The van der Waals surface area contributed by atoms with E-state index in [4.69, 9.17) is 0 Å². The molecular weight excluding hydrogens is 312 g/mol. The SMILES string of the molecule is Cn1cncc1CN1CCC[C@@H]1c1ccnc(Nc2ccccn2)c1. The van der Waals surface area contributed by atoms with Gasteiger partial charge in [0.2, 0.25) is 0 Å². The summed E-state index contributed by atoms with van der Waals surface area (Å²) in [4.78, 5) is 15.5. The maximum atomic E-state index is 4.44. The van der Waals surface area contributed by atoms with Crippen LogP contribution in [-0.4, -0.2) is 31.0 Å². The van der Waals surface area contributed by atoms with Crippen molar-refractivity contribution in [2.75, 3.05) is 11.9 Å². The van der Waals surface area contributed by atoms with Gasteiger partial charge < -0.3 is 9.88 Å². The van der Waals surface area contributed by atoms with E-state index in [-0.39, 0.29) is 0 Å². The zero-order chi connectivity index (χ0) is 17.1. The first-order valence-electron chi connectivity index (χ1n) is 8.63. The monoisotopic (exact) mass is 334 g/mol. The quantitative estimate of drug-likeness (QED) is 0.776. The number of hydrogen-bond acceptors (Lipinski definition) is 5. The van der Waals surface area contributed by atoms with Gasteiger partial charge in [0.1, 0.15) is 11.6 Å². The van der Waals surface area contributed by atoms with Crippen molar-refractivity contribution in [1.82, 2.24) is 24.4 Å². The third kappa shape index (κ3) is 3.53. The van der Waals surface area contributed by atoms with E-state index in [0.717, 1.165) is 24.7 Å². The molecule has 25 heavy (non-hydrogen) atoms. The summed E-state index contributed by atoms with van der Waals surface area (Å²) in [5, 5.41) is 3.28. The highest BCUT2D eigenvalue weighted by atomic mass is 15.2. The topological polar surface area (TPSA) is 58.9 Å².